The molecule has 0 unspecified atom stereocenters. The standard InChI is InChI=1S/C15H23ClFN/c1-4-15(5-2,11-18-6-3)10-12-8-7-9-13(16)14(12)17/h7-9,18H,4-6,10-11H2,1-3H3. The summed E-state index contributed by atoms with van der Waals surface area (Å²) in [5.41, 5.74) is 0.839. The van der Waals surface area contributed by atoms with Crippen LogP contribution in [-0.4, -0.2) is 13.1 Å². The van der Waals surface area contributed by atoms with Gasteiger partial charge in [0.2, 0.25) is 0 Å². The molecular weight excluding hydrogens is 249 g/mol. The van der Waals surface area contributed by atoms with E-state index < -0.39 is 0 Å². The van der Waals surface area contributed by atoms with E-state index in [9.17, 15) is 4.39 Å². The fourth-order valence-electron chi connectivity index (χ4n) is 2.29. The number of rotatable bonds is 7. The zero-order valence-electron chi connectivity index (χ0n) is 11.5. The Balaban J connectivity index is 2.92. The molecule has 1 aromatic carbocycles. The minimum atomic E-state index is -0.262. The molecule has 0 aromatic heterocycles. The van der Waals surface area contributed by atoms with Crippen LogP contribution in [0.3, 0.4) is 0 Å². The smallest absolute Gasteiger partial charge is 0.144 e. The first-order valence-corrected chi connectivity index (χ1v) is 7.10. The highest BCUT2D eigenvalue weighted by molar-refractivity contribution is 6.30. The van der Waals surface area contributed by atoms with Crippen molar-refractivity contribution in [1.29, 1.82) is 0 Å². The van der Waals surface area contributed by atoms with Crippen LogP contribution in [-0.2, 0) is 6.42 Å². The van der Waals surface area contributed by atoms with Crippen molar-refractivity contribution in [3.8, 4) is 0 Å². The zero-order valence-corrected chi connectivity index (χ0v) is 12.3. The molecule has 0 heterocycles. The van der Waals surface area contributed by atoms with Crippen LogP contribution in [0.4, 0.5) is 4.39 Å². The summed E-state index contributed by atoms with van der Waals surface area (Å²) in [6.07, 6.45) is 2.80. The van der Waals surface area contributed by atoms with Gasteiger partial charge in [-0.3, -0.25) is 0 Å². The Kier molecular flexibility index (Phi) is 6.10. The fraction of sp³-hybridized carbons (Fsp3) is 0.600. The van der Waals surface area contributed by atoms with Gasteiger partial charge in [-0.15, -0.1) is 0 Å². The van der Waals surface area contributed by atoms with E-state index in [0.29, 0.717) is 0 Å². The van der Waals surface area contributed by atoms with E-state index in [0.717, 1.165) is 37.9 Å². The first-order valence-electron chi connectivity index (χ1n) is 6.72. The van der Waals surface area contributed by atoms with E-state index in [1.807, 2.05) is 12.1 Å². The Morgan fingerprint density at radius 2 is 1.89 bits per heavy atom. The molecule has 0 radical (unpaired) electrons. The van der Waals surface area contributed by atoms with E-state index in [2.05, 4.69) is 26.1 Å². The molecular formula is C15H23ClFN. The van der Waals surface area contributed by atoms with Gasteiger partial charge in [0, 0.05) is 6.54 Å². The molecule has 0 bridgehead atoms. The second kappa shape index (κ2) is 7.10. The van der Waals surface area contributed by atoms with Crippen molar-refractivity contribution in [2.75, 3.05) is 13.1 Å². The molecule has 1 aromatic rings. The summed E-state index contributed by atoms with van der Waals surface area (Å²) in [6.45, 7) is 8.30. The van der Waals surface area contributed by atoms with Crippen LogP contribution >= 0.6 is 11.6 Å². The van der Waals surface area contributed by atoms with Gasteiger partial charge >= 0.3 is 0 Å². The summed E-state index contributed by atoms with van der Waals surface area (Å²) < 4.78 is 14.0. The van der Waals surface area contributed by atoms with E-state index in [1.54, 1.807) is 6.07 Å². The van der Waals surface area contributed by atoms with Gasteiger partial charge < -0.3 is 5.32 Å². The van der Waals surface area contributed by atoms with Gasteiger partial charge in [-0.1, -0.05) is 44.5 Å². The highest BCUT2D eigenvalue weighted by Gasteiger charge is 2.27. The quantitative estimate of drug-likeness (QED) is 0.773. The molecule has 0 aliphatic carbocycles. The number of halogens is 2. The van der Waals surface area contributed by atoms with E-state index in [4.69, 9.17) is 11.6 Å². The molecule has 1 N–H and O–H groups in total. The number of benzene rings is 1. The third-order valence-corrected chi connectivity index (χ3v) is 4.14. The minimum Gasteiger partial charge on any atom is -0.316 e. The Bertz CT molecular complexity index is 375. The lowest BCUT2D eigenvalue weighted by Gasteiger charge is -2.32. The Morgan fingerprint density at radius 3 is 2.44 bits per heavy atom. The van der Waals surface area contributed by atoms with Crippen molar-refractivity contribution in [1.82, 2.24) is 5.32 Å². The molecule has 0 amide bonds. The van der Waals surface area contributed by atoms with Crippen LogP contribution in [0.1, 0.15) is 39.2 Å². The third kappa shape index (κ3) is 3.69. The molecule has 0 atom stereocenters. The molecule has 0 fully saturated rings. The molecule has 0 aliphatic heterocycles. The zero-order chi connectivity index (χ0) is 13.6. The molecule has 1 rings (SSSR count). The first kappa shape index (κ1) is 15.5. The van der Waals surface area contributed by atoms with Gasteiger partial charge in [0.25, 0.3) is 0 Å². The number of nitrogens with one attached hydrogen (secondary N) is 1. The molecule has 102 valence electrons. The molecule has 3 heteroatoms. The van der Waals surface area contributed by atoms with Crippen molar-refractivity contribution < 1.29 is 4.39 Å². The summed E-state index contributed by atoms with van der Waals surface area (Å²) >= 11 is 5.84. The predicted molar refractivity (Wildman–Crippen MR) is 76.7 cm³/mol. The van der Waals surface area contributed by atoms with E-state index in [1.165, 1.54) is 0 Å². The fourth-order valence-corrected chi connectivity index (χ4v) is 2.49. The average Bonchev–Trinajstić information content (AvgIpc) is 2.40. The topological polar surface area (TPSA) is 12.0 Å². The average molecular weight is 272 g/mol. The van der Waals surface area contributed by atoms with Crippen molar-refractivity contribution in [3.05, 3.63) is 34.6 Å². The Hall–Kier alpha value is -0.600. The van der Waals surface area contributed by atoms with Gasteiger partial charge in [-0.2, -0.15) is 0 Å². The lowest BCUT2D eigenvalue weighted by atomic mass is 9.76. The highest BCUT2D eigenvalue weighted by Crippen LogP contribution is 2.32. The third-order valence-electron chi connectivity index (χ3n) is 3.85. The van der Waals surface area contributed by atoms with E-state index in [-0.39, 0.29) is 16.3 Å². The van der Waals surface area contributed by atoms with E-state index >= 15 is 0 Å². The Labute approximate surface area is 115 Å². The second-order valence-electron chi connectivity index (χ2n) is 4.88. The summed E-state index contributed by atoms with van der Waals surface area (Å²) in [5.74, 6) is -0.262. The van der Waals surface area contributed by atoms with Gasteiger partial charge in [0.05, 0.1) is 5.02 Å². The molecule has 0 spiro atoms. The SMILES string of the molecule is CCNCC(CC)(CC)Cc1cccc(Cl)c1F. The summed E-state index contributed by atoms with van der Waals surface area (Å²) in [7, 11) is 0. The normalized spacial score (nSPS) is 11.8. The van der Waals surface area contributed by atoms with Crippen LogP contribution < -0.4 is 5.32 Å². The van der Waals surface area contributed by atoms with Crippen LogP contribution in [0.15, 0.2) is 18.2 Å². The molecule has 0 aliphatic rings. The van der Waals surface area contributed by atoms with Crippen LogP contribution in [0, 0.1) is 11.2 Å². The van der Waals surface area contributed by atoms with Gasteiger partial charge in [0.15, 0.2) is 0 Å². The maximum atomic E-state index is 14.0. The lowest BCUT2D eigenvalue weighted by Crippen LogP contribution is -2.35. The molecule has 18 heavy (non-hydrogen) atoms. The maximum absolute atomic E-state index is 14.0. The number of hydrogen-bond donors (Lipinski definition) is 1. The second-order valence-corrected chi connectivity index (χ2v) is 5.28. The van der Waals surface area contributed by atoms with Gasteiger partial charge in [-0.25, -0.2) is 4.39 Å². The maximum Gasteiger partial charge on any atom is 0.144 e. The van der Waals surface area contributed by atoms with Crippen LogP contribution in [0.25, 0.3) is 0 Å². The lowest BCUT2D eigenvalue weighted by molar-refractivity contribution is 0.245. The van der Waals surface area contributed by atoms with Crippen molar-refractivity contribution in [2.24, 2.45) is 5.41 Å². The largest absolute Gasteiger partial charge is 0.316 e. The van der Waals surface area contributed by atoms with Crippen LogP contribution in [0.5, 0.6) is 0 Å². The minimum absolute atomic E-state index is 0.113. The molecule has 0 saturated heterocycles. The number of hydrogen-bond acceptors (Lipinski definition) is 1. The first-order chi connectivity index (χ1) is 8.58. The van der Waals surface area contributed by atoms with Crippen molar-refractivity contribution in [2.45, 2.75) is 40.0 Å². The van der Waals surface area contributed by atoms with Crippen molar-refractivity contribution in [3.63, 3.8) is 0 Å². The van der Waals surface area contributed by atoms with Gasteiger partial charge in [-0.05, 0) is 42.9 Å². The summed E-state index contributed by atoms with van der Waals surface area (Å²) in [4.78, 5) is 0. The molecule has 1 nitrogen and oxygen atoms in total. The highest BCUT2D eigenvalue weighted by atomic mass is 35.5. The van der Waals surface area contributed by atoms with Gasteiger partial charge in [0.1, 0.15) is 5.82 Å². The summed E-state index contributed by atoms with van der Waals surface area (Å²) in [6, 6.07) is 5.27. The van der Waals surface area contributed by atoms with Crippen molar-refractivity contribution >= 4 is 11.6 Å². The molecule has 0 saturated carbocycles. The Morgan fingerprint density at radius 1 is 1.22 bits per heavy atom. The monoisotopic (exact) mass is 271 g/mol. The summed E-state index contributed by atoms with van der Waals surface area (Å²) in [5, 5.41) is 3.61. The van der Waals surface area contributed by atoms with Crippen LogP contribution in [0.2, 0.25) is 5.02 Å². The predicted octanol–water partition coefficient (Wildman–Crippen LogP) is 4.44.